The molecule has 1 aromatic carbocycles. The SMILES string of the molecule is CNS(=O)(=O)CC(=O)Nc1ccc(COO)cc1. The average Bonchev–Trinajstić information content (AvgIpc) is 2.31. The Morgan fingerprint density at radius 1 is 1.33 bits per heavy atom. The summed E-state index contributed by atoms with van der Waals surface area (Å²) in [6.07, 6.45) is 0. The molecule has 0 heterocycles. The van der Waals surface area contributed by atoms with Crippen molar-refractivity contribution in [2.75, 3.05) is 18.1 Å². The normalized spacial score (nSPS) is 11.2. The second-order valence-electron chi connectivity index (χ2n) is 3.48. The highest BCUT2D eigenvalue weighted by Gasteiger charge is 2.13. The van der Waals surface area contributed by atoms with E-state index in [1.165, 1.54) is 7.05 Å². The smallest absolute Gasteiger partial charge is 0.240 e. The van der Waals surface area contributed by atoms with E-state index in [0.29, 0.717) is 5.69 Å². The first-order valence-electron chi connectivity index (χ1n) is 5.03. The Morgan fingerprint density at radius 2 is 1.94 bits per heavy atom. The van der Waals surface area contributed by atoms with Gasteiger partial charge in [0.1, 0.15) is 12.4 Å². The van der Waals surface area contributed by atoms with Gasteiger partial charge in [-0.05, 0) is 24.7 Å². The van der Waals surface area contributed by atoms with E-state index in [0.717, 1.165) is 5.56 Å². The molecule has 18 heavy (non-hydrogen) atoms. The maximum Gasteiger partial charge on any atom is 0.240 e. The lowest BCUT2D eigenvalue weighted by molar-refractivity contribution is -0.253. The second-order valence-corrected chi connectivity index (χ2v) is 5.41. The van der Waals surface area contributed by atoms with Crippen LogP contribution in [-0.4, -0.2) is 32.4 Å². The van der Waals surface area contributed by atoms with Crippen molar-refractivity contribution < 1.29 is 23.4 Å². The van der Waals surface area contributed by atoms with Crippen molar-refractivity contribution in [1.82, 2.24) is 4.72 Å². The molecule has 100 valence electrons. The zero-order valence-corrected chi connectivity index (χ0v) is 10.5. The Morgan fingerprint density at radius 3 is 2.44 bits per heavy atom. The van der Waals surface area contributed by atoms with Gasteiger partial charge in [0, 0.05) is 5.69 Å². The Bertz CT molecular complexity index is 498. The van der Waals surface area contributed by atoms with Crippen LogP contribution in [0.4, 0.5) is 5.69 Å². The summed E-state index contributed by atoms with van der Waals surface area (Å²) in [7, 11) is -2.33. The minimum atomic E-state index is -3.57. The van der Waals surface area contributed by atoms with Crippen molar-refractivity contribution >= 4 is 21.6 Å². The Kier molecular flexibility index (Phi) is 5.23. The van der Waals surface area contributed by atoms with Crippen molar-refractivity contribution in [3.8, 4) is 0 Å². The fourth-order valence-electron chi connectivity index (χ4n) is 1.20. The lowest BCUT2D eigenvalue weighted by Crippen LogP contribution is -2.30. The Hall–Kier alpha value is -1.48. The number of carbonyl (C=O) groups excluding carboxylic acids is 1. The molecule has 0 aromatic heterocycles. The number of amides is 1. The molecule has 7 nitrogen and oxygen atoms in total. The topological polar surface area (TPSA) is 105 Å². The maximum atomic E-state index is 11.4. The Balaban J connectivity index is 2.60. The van der Waals surface area contributed by atoms with Crippen LogP contribution in [-0.2, 0) is 26.3 Å². The third kappa shape index (κ3) is 4.80. The highest BCUT2D eigenvalue weighted by atomic mass is 32.2. The molecule has 0 saturated heterocycles. The summed E-state index contributed by atoms with van der Waals surface area (Å²) in [5.74, 6) is -1.26. The summed E-state index contributed by atoms with van der Waals surface area (Å²) in [4.78, 5) is 15.4. The standard InChI is InChI=1S/C10H14N2O5S/c1-11-18(15,16)7-10(13)12-9-4-2-8(3-5-9)6-17-14/h2-5,11,14H,6-7H2,1H3,(H,12,13). The van der Waals surface area contributed by atoms with Crippen LogP contribution in [0.3, 0.4) is 0 Å². The summed E-state index contributed by atoms with van der Waals surface area (Å²) in [6, 6.07) is 6.44. The molecule has 0 atom stereocenters. The summed E-state index contributed by atoms with van der Waals surface area (Å²) >= 11 is 0. The van der Waals surface area contributed by atoms with Gasteiger partial charge in [-0.15, -0.1) is 0 Å². The van der Waals surface area contributed by atoms with Gasteiger partial charge in [-0.2, -0.15) is 0 Å². The van der Waals surface area contributed by atoms with Gasteiger partial charge in [-0.25, -0.2) is 18.0 Å². The molecule has 1 aromatic rings. The van der Waals surface area contributed by atoms with E-state index in [2.05, 4.69) is 14.9 Å². The van der Waals surface area contributed by atoms with Crippen molar-refractivity contribution in [3.05, 3.63) is 29.8 Å². The zero-order valence-electron chi connectivity index (χ0n) is 9.71. The third-order valence-electron chi connectivity index (χ3n) is 2.10. The van der Waals surface area contributed by atoms with Gasteiger partial charge < -0.3 is 5.32 Å². The van der Waals surface area contributed by atoms with Crippen LogP contribution in [0, 0.1) is 0 Å². The zero-order chi connectivity index (χ0) is 13.6. The van der Waals surface area contributed by atoms with E-state index in [-0.39, 0.29) is 6.61 Å². The van der Waals surface area contributed by atoms with Gasteiger partial charge >= 0.3 is 0 Å². The van der Waals surface area contributed by atoms with Crippen LogP contribution >= 0.6 is 0 Å². The second kappa shape index (κ2) is 6.45. The molecule has 0 saturated carbocycles. The first-order chi connectivity index (χ1) is 8.46. The highest BCUT2D eigenvalue weighted by Crippen LogP contribution is 2.10. The fraction of sp³-hybridized carbons (Fsp3) is 0.300. The lowest BCUT2D eigenvalue weighted by Gasteiger charge is -2.06. The molecule has 0 radical (unpaired) electrons. The maximum absolute atomic E-state index is 11.4. The fourth-order valence-corrected chi connectivity index (χ4v) is 1.76. The molecule has 1 amide bonds. The predicted octanol–water partition coefficient (Wildman–Crippen LogP) is 0.164. The van der Waals surface area contributed by atoms with E-state index in [9.17, 15) is 13.2 Å². The quantitative estimate of drug-likeness (QED) is 0.506. The van der Waals surface area contributed by atoms with Crippen LogP contribution in [0.15, 0.2) is 24.3 Å². The molecule has 3 N–H and O–H groups in total. The van der Waals surface area contributed by atoms with E-state index in [4.69, 9.17) is 5.26 Å². The molecular formula is C10H14N2O5S. The summed E-state index contributed by atoms with van der Waals surface area (Å²) < 4.78 is 24.3. The van der Waals surface area contributed by atoms with Gasteiger partial charge in [-0.3, -0.25) is 10.1 Å². The van der Waals surface area contributed by atoms with E-state index in [1.54, 1.807) is 24.3 Å². The number of hydrogen-bond acceptors (Lipinski definition) is 5. The number of benzene rings is 1. The van der Waals surface area contributed by atoms with Crippen molar-refractivity contribution in [2.45, 2.75) is 6.61 Å². The van der Waals surface area contributed by atoms with Gasteiger partial charge in [0.25, 0.3) is 0 Å². The van der Waals surface area contributed by atoms with Gasteiger partial charge in [-0.1, -0.05) is 12.1 Å². The number of hydrogen-bond donors (Lipinski definition) is 3. The minimum absolute atomic E-state index is 0.0440. The number of nitrogens with one attached hydrogen (secondary N) is 2. The van der Waals surface area contributed by atoms with Crippen LogP contribution in [0.1, 0.15) is 5.56 Å². The molecule has 0 spiro atoms. The minimum Gasteiger partial charge on any atom is -0.325 e. The van der Waals surface area contributed by atoms with E-state index in [1.807, 2.05) is 0 Å². The van der Waals surface area contributed by atoms with Gasteiger partial charge in [0.15, 0.2) is 0 Å². The monoisotopic (exact) mass is 274 g/mol. The predicted molar refractivity (Wildman–Crippen MR) is 65.3 cm³/mol. The van der Waals surface area contributed by atoms with Crippen molar-refractivity contribution in [1.29, 1.82) is 0 Å². The molecule has 0 bridgehead atoms. The molecule has 0 unspecified atom stereocenters. The van der Waals surface area contributed by atoms with Crippen LogP contribution in [0.5, 0.6) is 0 Å². The van der Waals surface area contributed by atoms with Crippen LogP contribution < -0.4 is 10.0 Å². The van der Waals surface area contributed by atoms with Crippen molar-refractivity contribution in [2.24, 2.45) is 0 Å². The number of carbonyl (C=O) groups is 1. The third-order valence-corrected chi connectivity index (χ3v) is 3.37. The van der Waals surface area contributed by atoms with Crippen LogP contribution in [0.25, 0.3) is 0 Å². The molecule has 8 heteroatoms. The highest BCUT2D eigenvalue weighted by molar-refractivity contribution is 7.90. The number of sulfonamides is 1. The Labute approximate surface area is 105 Å². The first-order valence-corrected chi connectivity index (χ1v) is 6.68. The summed E-state index contributed by atoms with van der Waals surface area (Å²) in [6.45, 7) is 0.0440. The first kappa shape index (κ1) is 14.6. The van der Waals surface area contributed by atoms with E-state index >= 15 is 0 Å². The van der Waals surface area contributed by atoms with Gasteiger partial charge in [0.05, 0.1) is 0 Å². The molecule has 0 fully saturated rings. The largest absolute Gasteiger partial charge is 0.325 e. The van der Waals surface area contributed by atoms with Crippen LogP contribution in [0.2, 0.25) is 0 Å². The molecule has 0 aliphatic carbocycles. The molecule has 0 aliphatic rings. The average molecular weight is 274 g/mol. The summed E-state index contributed by atoms with van der Waals surface area (Å²) in [5, 5.41) is 10.7. The lowest BCUT2D eigenvalue weighted by atomic mass is 10.2. The summed E-state index contributed by atoms with van der Waals surface area (Å²) in [5.41, 5.74) is 1.19. The number of rotatable bonds is 6. The van der Waals surface area contributed by atoms with Gasteiger partial charge in [0.2, 0.25) is 15.9 Å². The number of anilines is 1. The van der Waals surface area contributed by atoms with Crippen molar-refractivity contribution in [3.63, 3.8) is 0 Å². The van der Waals surface area contributed by atoms with E-state index < -0.39 is 21.7 Å². The molecule has 0 aliphatic heterocycles. The molecule has 1 rings (SSSR count). The molecular weight excluding hydrogens is 260 g/mol.